The zero-order chi connectivity index (χ0) is 13.7. The lowest BCUT2D eigenvalue weighted by atomic mass is 10.2. The lowest BCUT2D eigenvalue weighted by Gasteiger charge is -2.01. The Balaban J connectivity index is 0.000000280. The van der Waals surface area contributed by atoms with Crippen LogP contribution in [0.5, 0.6) is 5.75 Å². The van der Waals surface area contributed by atoms with Crippen molar-refractivity contribution < 1.29 is 5.11 Å². The predicted octanol–water partition coefficient (Wildman–Crippen LogP) is 4.15. The number of aromatic nitrogens is 2. The van der Waals surface area contributed by atoms with Gasteiger partial charge in [-0.1, -0.05) is 40.7 Å². The number of allylic oxidation sites excluding steroid dienone is 2. The summed E-state index contributed by atoms with van der Waals surface area (Å²) in [6.07, 6.45) is 3.35. The number of aryl methyl sites for hydroxylation is 1. The Morgan fingerprint density at radius 2 is 2.06 bits per heavy atom. The fraction of sp³-hybridized carbons (Fsp3) is 0.143. The molecule has 1 heterocycles. The molecule has 2 aromatic rings. The maximum atomic E-state index is 9.53. The minimum Gasteiger partial charge on any atom is -0.507 e. The molecular formula is C14H15BrN2O. The minimum absolute atomic E-state index is 0.198. The number of hydrogen-bond donors (Lipinski definition) is 1. The molecule has 18 heavy (non-hydrogen) atoms. The van der Waals surface area contributed by atoms with E-state index < -0.39 is 0 Å². The second kappa shape index (κ2) is 6.31. The molecule has 0 saturated carbocycles. The standard InChI is InChI=1S/C9H7BrN2O.C5H8/c1-5-11-4-7-8(12-5)2-6(10)3-9(7)13;1-4-5(2)3/h2-4,13H,1H3;4H,1-2H2,3H3. The van der Waals surface area contributed by atoms with E-state index >= 15 is 0 Å². The van der Waals surface area contributed by atoms with Crippen molar-refractivity contribution in [3.8, 4) is 5.75 Å². The lowest BCUT2D eigenvalue weighted by molar-refractivity contribution is 0.481. The Labute approximate surface area is 115 Å². The summed E-state index contributed by atoms with van der Waals surface area (Å²) in [6, 6.07) is 3.48. The monoisotopic (exact) mass is 306 g/mol. The van der Waals surface area contributed by atoms with Crippen molar-refractivity contribution in [2.45, 2.75) is 13.8 Å². The molecule has 0 aliphatic rings. The Hall–Kier alpha value is -1.68. The van der Waals surface area contributed by atoms with Gasteiger partial charge in [0.1, 0.15) is 11.6 Å². The topological polar surface area (TPSA) is 46.0 Å². The summed E-state index contributed by atoms with van der Waals surface area (Å²) in [4.78, 5) is 8.21. The molecule has 0 bridgehead atoms. The van der Waals surface area contributed by atoms with Gasteiger partial charge in [0.05, 0.1) is 10.9 Å². The molecule has 0 spiro atoms. The van der Waals surface area contributed by atoms with Crippen molar-refractivity contribution in [2.24, 2.45) is 0 Å². The second-order valence-corrected chi connectivity index (χ2v) is 4.74. The van der Waals surface area contributed by atoms with Gasteiger partial charge in [-0.05, 0) is 26.0 Å². The maximum absolute atomic E-state index is 9.53. The van der Waals surface area contributed by atoms with Crippen LogP contribution in [0.2, 0.25) is 0 Å². The molecule has 2 rings (SSSR count). The van der Waals surface area contributed by atoms with Gasteiger partial charge in [0, 0.05) is 10.7 Å². The van der Waals surface area contributed by atoms with Crippen LogP contribution in [0, 0.1) is 6.92 Å². The third kappa shape index (κ3) is 3.96. The van der Waals surface area contributed by atoms with Crippen molar-refractivity contribution in [1.29, 1.82) is 0 Å². The van der Waals surface area contributed by atoms with Gasteiger partial charge in [-0.25, -0.2) is 9.97 Å². The number of phenols is 1. The molecule has 0 radical (unpaired) electrons. The van der Waals surface area contributed by atoms with E-state index in [1.54, 1.807) is 18.3 Å². The molecule has 0 fully saturated rings. The number of halogens is 1. The average molecular weight is 307 g/mol. The molecule has 94 valence electrons. The van der Waals surface area contributed by atoms with E-state index in [-0.39, 0.29) is 5.75 Å². The van der Waals surface area contributed by atoms with Crippen LogP contribution in [-0.2, 0) is 0 Å². The molecule has 1 aromatic carbocycles. The number of phenolic OH excluding ortho intramolecular Hbond substituents is 1. The van der Waals surface area contributed by atoms with E-state index in [2.05, 4.69) is 39.1 Å². The summed E-state index contributed by atoms with van der Waals surface area (Å²) in [7, 11) is 0. The summed E-state index contributed by atoms with van der Waals surface area (Å²) in [6.45, 7) is 10.7. The molecular weight excluding hydrogens is 292 g/mol. The first-order valence-electron chi connectivity index (χ1n) is 5.34. The molecule has 0 aliphatic carbocycles. The van der Waals surface area contributed by atoms with Gasteiger partial charge >= 0.3 is 0 Å². The molecule has 0 unspecified atom stereocenters. The van der Waals surface area contributed by atoms with Crippen molar-refractivity contribution in [1.82, 2.24) is 9.97 Å². The van der Waals surface area contributed by atoms with Gasteiger partial charge in [-0.2, -0.15) is 0 Å². The summed E-state index contributed by atoms with van der Waals surface area (Å²) < 4.78 is 0.815. The number of nitrogens with zero attached hydrogens (tertiary/aromatic N) is 2. The highest BCUT2D eigenvalue weighted by atomic mass is 79.9. The highest BCUT2D eigenvalue weighted by Crippen LogP contribution is 2.27. The van der Waals surface area contributed by atoms with Crippen LogP contribution in [-0.4, -0.2) is 15.1 Å². The van der Waals surface area contributed by atoms with Crippen LogP contribution >= 0.6 is 15.9 Å². The van der Waals surface area contributed by atoms with Crippen LogP contribution in [0.25, 0.3) is 10.9 Å². The first-order valence-corrected chi connectivity index (χ1v) is 6.13. The van der Waals surface area contributed by atoms with Crippen LogP contribution in [0.1, 0.15) is 12.7 Å². The number of hydrogen-bond acceptors (Lipinski definition) is 3. The molecule has 0 saturated heterocycles. The van der Waals surface area contributed by atoms with Crippen molar-refractivity contribution >= 4 is 26.8 Å². The maximum Gasteiger partial charge on any atom is 0.127 e. The highest BCUT2D eigenvalue weighted by molar-refractivity contribution is 9.10. The quantitative estimate of drug-likeness (QED) is 0.805. The van der Waals surface area contributed by atoms with Crippen molar-refractivity contribution in [3.63, 3.8) is 0 Å². The van der Waals surface area contributed by atoms with E-state index in [1.165, 1.54) is 0 Å². The highest BCUT2D eigenvalue weighted by Gasteiger charge is 2.03. The third-order valence-electron chi connectivity index (χ3n) is 2.11. The molecule has 4 heteroatoms. The van der Waals surface area contributed by atoms with Gasteiger partial charge < -0.3 is 5.11 Å². The fourth-order valence-electron chi connectivity index (χ4n) is 1.18. The molecule has 0 amide bonds. The molecule has 3 nitrogen and oxygen atoms in total. The molecule has 0 atom stereocenters. The number of benzene rings is 1. The van der Waals surface area contributed by atoms with Gasteiger partial charge in [-0.3, -0.25) is 0 Å². The molecule has 1 aromatic heterocycles. The molecule has 0 aliphatic heterocycles. The Bertz CT molecular complexity index is 588. The summed E-state index contributed by atoms with van der Waals surface area (Å²) in [5.41, 5.74) is 1.77. The smallest absolute Gasteiger partial charge is 0.127 e. The number of aromatic hydroxyl groups is 1. The van der Waals surface area contributed by atoms with Crippen LogP contribution in [0.15, 0.2) is 47.6 Å². The van der Waals surface area contributed by atoms with Gasteiger partial charge in [0.15, 0.2) is 0 Å². The third-order valence-corrected chi connectivity index (χ3v) is 2.57. The van der Waals surface area contributed by atoms with Gasteiger partial charge in [0.25, 0.3) is 0 Å². The van der Waals surface area contributed by atoms with Crippen molar-refractivity contribution in [2.75, 3.05) is 0 Å². The van der Waals surface area contributed by atoms with E-state index in [4.69, 9.17) is 0 Å². The zero-order valence-corrected chi connectivity index (χ0v) is 12.0. The Morgan fingerprint density at radius 1 is 1.44 bits per heavy atom. The SMILES string of the molecule is C=CC(=C)C.Cc1ncc2c(O)cc(Br)cc2n1. The van der Waals surface area contributed by atoms with Gasteiger partial charge in [-0.15, -0.1) is 0 Å². The van der Waals surface area contributed by atoms with Crippen molar-refractivity contribution in [3.05, 3.63) is 53.4 Å². The summed E-state index contributed by atoms with van der Waals surface area (Å²) >= 11 is 3.29. The van der Waals surface area contributed by atoms with Crippen LogP contribution in [0.3, 0.4) is 0 Å². The normalized spacial score (nSPS) is 9.50. The summed E-state index contributed by atoms with van der Waals surface area (Å²) in [5.74, 6) is 0.898. The first kappa shape index (κ1) is 14.4. The molecule has 1 N–H and O–H groups in total. The summed E-state index contributed by atoms with van der Waals surface area (Å²) in [5, 5.41) is 10.2. The fourth-order valence-corrected chi connectivity index (χ4v) is 1.61. The van der Waals surface area contributed by atoms with E-state index in [1.807, 2.05) is 19.9 Å². The Kier molecular flexibility index (Phi) is 5.04. The first-order chi connectivity index (χ1) is 8.43. The van der Waals surface area contributed by atoms with Crippen LogP contribution < -0.4 is 0 Å². The Morgan fingerprint density at radius 3 is 2.61 bits per heavy atom. The minimum atomic E-state index is 0.198. The predicted molar refractivity (Wildman–Crippen MR) is 78.7 cm³/mol. The van der Waals surface area contributed by atoms with Crippen LogP contribution in [0.4, 0.5) is 0 Å². The van der Waals surface area contributed by atoms with E-state index in [0.717, 1.165) is 15.6 Å². The second-order valence-electron chi connectivity index (χ2n) is 3.83. The number of rotatable bonds is 1. The van der Waals surface area contributed by atoms with E-state index in [0.29, 0.717) is 11.2 Å². The number of fused-ring (bicyclic) bond motifs is 1. The van der Waals surface area contributed by atoms with Gasteiger partial charge in [0.2, 0.25) is 0 Å². The largest absolute Gasteiger partial charge is 0.507 e. The van der Waals surface area contributed by atoms with E-state index in [9.17, 15) is 5.11 Å². The average Bonchev–Trinajstić information content (AvgIpc) is 2.28. The lowest BCUT2D eigenvalue weighted by Crippen LogP contribution is -1.87. The zero-order valence-electron chi connectivity index (χ0n) is 10.4.